The molecular weight excluding hydrogens is 390 g/mol. The van der Waals surface area contributed by atoms with Gasteiger partial charge in [-0.1, -0.05) is 0 Å². The van der Waals surface area contributed by atoms with E-state index >= 15 is 0 Å². The normalized spacial score (nSPS) is 11.5. The first kappa shape index (κ1) is 20.6. The molecule has 0 saturated heterocycles. The van der Waals surface area contributed by atoms with E-state index in [9.17, 15) is 13.2 Å². The van der Waals surface area contributed by atoms with Gasteiger partial charge < -0.3 is 10.2 Å². The van der Waals surface area contributed by atoms with E-state index in [4.69, 9.17) is 0 Å². The predicted molar refractivity (Wildman–Crippen MR) is 113 cm³/mol. The Morgan fingerprint density at radius 2 is 1.72 bits per heavy atom. The molecule has 0 aliphatic carbocycles. The molecule has 1 heterocycles. The molecule has 1 N–H and O–H groups in total. The van der Waals surface area contributed by atoms with Gasteiger partial charge in [-0.05, 0) is 48.5 Å². The summed E-state index contributed by atoms with van der Waals surface area (Å²) in [4.78, 5) is 14.7. The van der Waals surface area contributed by atoms with Gasteiger partial charge in [0.2, 0.25) is 10.0 Å². The number of carbonyl (C=O) groups excluding carboxylic acids is 1. The number of amides is 1. The molecule has 0 aliphatic rings. The van der Waals surface area contributed by atoms with Crippen molar-refractivity contribution in [3.63, 3.8) is 0 Å². The van der Waals surface area contributed by atoms with Gasteiger partial charge in [-0.15, -0.1) is 0 Å². The molecule has 0 radical (unpaired) electrons. The molecule has 29 heavy (non-hydrogen) atoms. The maximum Gasteiger partial charge on any atom is 0.255 e. The third-order valence-corrected chi connectivity index (χ3v) is 6.19. The minimum Gasteiger partial charge on any atom is -0.376 e. The van der Waals surface area contributed by atoms with E-state index in [0.717, 1.165) is 9.99 Å². The van der Waals surface area contributed by atoms with Crippen molar-refractivity contribution in [1.29, 1.82) is 0 Å². The van der Waals surface area contributed by atoms with Crippen molar-refractivity contribution in [3.05, 3.63) is 66.5 Å². The number of nitrogens with one attached hydrogen (secondary N) is 1. The van der Waals surface area contributed by atoms with Gasteiger partial charge in [0.15, 0.2) is 0 Å². The molecule has 3 aromatic rings. The Morgan fingerprint density at radius 1 is 1.03 bits per heavy atom. The van der Waals surface area contributed by atoms with Crippen LogP contribution in [0.4, 0.5) is 11.4 Å². The molecule has 152 valence electrons. The molecule has 0 unspecified atom stereocenters. The Labute approximate surface area is 170 Å². The first-order chi connectivity index (χ1) is 13.7. The van der Waals surface area contributed by atoms with Crippen LogP contribution in [0.25, 0.3) is 5.69 Å². The van der Waals surface area contributed by atoms with Crippen molar-refractivity contribution in [3.8, 4) is 5.69 Å². The van der Waals surface area contributed by atoms with Crippen molar-refractivity contribution in [1.82, 2.24) is 14.1 Å². The lowest BCUT2D eigenvalue weighted by molar-refractivity contribution is 0.102. The number of hydrogen-bond acceptors (Lipinski definition) is 5. The standard InChI is InChI=1S/C20H23N5O3S/c1-23(2)19-11-10-17(29(27,28)24(3)4)14-18(19)22-20(26)15-6-8-16(9-7-15)25-13-5-12-21-25/h5-14H,1-4H3,(H,22,26). The second kappa shape index (κ2) is 8.06. The summed E-state index contributed by atoms with van der Waals surface area (Å²) in [5.41, 5.74) is 2.40. The first-order valence-corrected chi connectivity index (χ1v) is 10.3. The summed E-state index contributed by atoms with van der Waals surface area (Å²) in [5.74, 6) is -0.334. The molecule has 0 saturated carbocycles. The minimum absolute atomic E-state index is 0.109. The lowest BCUT2D eigenvalue weighted by Gasteiger charge is -2.20. The van der Waals surface area contributed by atoms with E-state index in [2.05, 4.69) is 10.4 Å². The topological polar surface area (TPSA) is 87.5 Å². The Kier molecular flexibility index (Phi) is 5.71. The number of aromatic nitrogens is 2. The van der Waals surface area contributed by atoms with Crippen LogP contribution in [0.5, 0.6) is 0 Å². The van der Waals surface area contributed by atoms with Crippen molar-refractivity contribution >= 4 is 27.3 Å². The molecule has 2 aromatic carbocycles. The molecule has 9 heteroatoms. The molecule has 0 fully saturated rings. The summed E-state index contributed by atoms with van der Waals surface area (Å²) in [6, 6.07) is 13.5. The fraction of sp³-hybridized carbons (Fsp3) is 0.200. The number of nitrogens with zero attached hydrogens (tertiary/aromatic N) is 4. The second-order valence-corrected chi connectivity index (χ2v) is 8.96. The highest BCUT2D eigenvalue weighted by molar-refractivity contribution is 7.89. The molecule has 0 aliphatic heterocycles. The maximum atomic E-state index is 12.8. The van der Waals surface area contributed by atoms with Gasteiger partial charge in [0.05, 0.1) is 22.0 Å². The van der Waals surface area contributed by atoms with Gasteiger partial charge in [0.25, 0.3) is 5.91 Å². The minimum atomic E-state index is -3.62. The van der Waals surface area contributed by atoms with Crippen LogP contribution in [0, 0.1) is 0 Å². The third kappa shape index (κ3) is 4.30. The molecule has 3 rings (SSSR count). The van der Waals surface area contributed by atoms with E-state index in [1.54, 1.807) is 41.2 Å². The Morgan fingerprint density at radius 3 is 2.28 bits per heavy atom. The molecular formula is C20H23N5O3S. The number of sulfonamides is 1. The van der Waals surface area contributed by atoms with Crippen LogP contribution >= 0.6 is 0 Å². The molecule has 1 amide bonds. The van der Waals surface area contributed by atoms with Crippen LogP contribution < -0.4 is 10.2 Å². The van der Waals surface area contributed by atoms with Crippen molar-refractivity contribution in [2.75, 3.05) is 38.4 Å². The largest absolute Gasteiger partial charge is 0.376 e. The zero-order valence-electron chi connectivity index (χ0n) is 16.7. The fourth-order valence-corrected chi connectivity index (χ4v) is 3.69. The maximum absolute atomic E-state index is 12.8. The second-order valence-electron chi connectivity index (χ2n) is 6.81. The molecule has 0 bridgehead atoms. The summed E-state index contributed by atoms with van der Waals surface area (Å²) < 4.78 is 27.8. The van der Waals surface area contributed by atoms with E-state index in [0.29, 0.717) is 16.9 Å². The van der Waals surface area contributed by atoms with E-state index in [-0.39, 0.29) is 10.8 Å². The average Bonchev–Trinajstić information content (AvgIpc) is 3.22. The van der Waals surface area contributed by atoms with E-state index in [1.165, 1.54) is 26.2 Å². The summed E-state index contributed by atoms with van der Waals surface area (Å²) in [5, 5.41) is 6.98. The quantitative estimate of drug-likeness (QED) is 0.671. The number of benzene rings is 2. The Bertz CT molecular complexity index is 1110. The molecule has 0 spiro atoms. The summed E-state index contributed by atoms with van der Waals surface area (Å²) in [6.45, 7) is 0. The van der Waals surface area contributed by atoms with Gasteiger partial charge in [0, 0.05) is 46.1 Å². The van der Waals surface area contributed by atoms with Crippen LogP contribution in [0.2, 0.25) is 0 Å². The zero-order valence-corrected chi connectivity index (χ0v) is 17.5. The number of anilines is 2. The molecule has 1 aromatic heterocycles. The average molecular weight is 414 g/mol. The molecule has 0 atom stereocenters. The highest BCUT2D eigenvalue weighted by Crippen LogP contribution is 2.29. The van der Waals surface area contributed by atoms with Gasteiger partial charge in [-0.3, -0.25) is 4.79 Å². The molecule has 8 nitrogen and oxygen atoms in total. The van der Waals surface area contributed by atoms with E-state index < -0.39 is 10.0 Å². The summed E-state index contributed by atoms with van der Waals surface area (Å²) in [7, 11) is 2.96. The number of rotatable bonds is 6. The highest BCUT2D eigenvalue weighted by atomic mass is 32.2. The van der Waals surface area contributed by atoms with Crippen LogP contribution in [-0.4, -0.2) is 56.6 Å². The number of hydrogen-bond donors (Lipinski definition) is 1. The van der Waals surface area contributed by atoms with Gasteiger partial charge in [0.1, 0.15) is 0 Å². The van der Waals surface area contributed by atoms with Crippen LogP contribution in [-0.2, 0) is 10.0 Å². The monoisotopic (exact) mass is 413 g/mol. The van der Waals surface area contributed by atoms with Crippen LogP contribution in [0.1, 0.15) is 10.4 Å². The lowest BCUT2D eigenvalue weighted by atomic mass is 10.1. The highest BCUT2D eigenvalue weighted by Gasteiger charge is 2.20. The smallest absolute Gasteiger partial charge is 0.255 e. The number of carbonyl (C=O) groups is 1. The van der Waals surface area contributed by atoms with Gasteiger partial charge >= 0.3 is 0 Å². The SMILES string of the molecule is CN(C)c1ccc(S(=O)(=O)N(C)C)cc1NC(=O)c1ccc(-n2cccn2)cc1. The third-order valence-electron chi connectivity index (χ3n) is 4.38. The van der Waals surface area contributed by atoms with Crippen molar-refractivity contribution in [2.45, 2.75) is 4.90 Å². The van der Waals surface area contributed by atoms with E-state index in [1.807, 2.05) is 31.3 Å². The van der Waals surface area contributed by atoms with Crippen LogP contribution in [0.3, 0.4) is 0 Å². The Hall–Kier alpha value is -3.17. The zero-order chi connectivity index (χ0) is 21.2. The fourth-order valence-electron chi connectivity index (χ4n) is 2.76. The van der Waals surface area contributed by atoms with Crippen molar-refractivity contribution in [2.24, 2.45) is 0 Å². The van der Waals surface area contributed by atoms with Crippen molar-refractivity contribution < 1.29 is 13.2 Å². The van der Waals surface area contributed by atoms with Gasteiger partial charge in [-0.2, -0.15) is 5.10 Å². The summed E-state index contributed by atoms with van der Waals surface area (Å²) >= 11 is 0. The Balaban J connectivity index is 1.90. The predicted octanol–water partition coefficient (Wildman–Crippen LogP) is 2.44. The lowest BCUT2D eigenvalue weighted by Crippen LogP contribution is -2.23. The van der Waals surface area contributed by atoms with Crippen LogP contribution in [0.15, 0.2) is 65.8 Å². The summed E-state index contributed by atoms with van der Waals surface area (Å²) in [6.07, 6.45) is 3.49. The van der Waals surface area contributed by atoms with Gasteiger partial charge in [-0.25, -0.2) is 17.4 Å². The first-order valence-electron chi connectivity index (χ1n) is 8.85.